The summed E-state index contributed by atoms with van der Waals surface area (Å²) in [6.07, 6.45) is 0.476. The van der Waals surface area contributed by atoms with Gasteiger partial charge in [-0.05, 0) is 5.75 Å². The van der Waals surface area contributed by atoms with Crippen molar-refractivity contribution < 1.29 is 9.53 Å². The van der Waals surface area contributed by atoms with E-state index in [-0.39, 0.29) is 5.78 Å². The van der Waals surface area contributed by atoms with Crippen LogP contribution in [0, 0.1) is 0 Å². The summed E-state index contributed by atoms with van der Waals surface area (Å²) in [5.41, 5.74) is 6.36. The van der Waals surface area contributed by atoms with Gasteiger partial charge in [-0.1, -0.05) is 13.8 Å². The Morgan fingerprint density at radius 3 is 2.67 bits per heavy atom. The van der Waals surface area contributed by atoms with Crippen LogP contribution in [0.3, 0.4) is 0 Å². The minimum atomic E-state index is 0.0822. The van der Waals surface area contributed by atoms with E-state index < -0.39 is 0 Å². The van der Waals surface area contributed by atoms with Gasteiger partial charge in [-0.3, -0.25) is 4.79 Å². The van der Waals surface area contributed by atoms with Crippen LogP contribution < -0.4 is 10.5 Å². The standard InChI is InChI=1S/C10H15NO2S2/c1-4-6(12)9-7(11)8(13-3)10(15-9)14-5-2/h4-5,11H2,1-3H3. The lowest BCUT2D eigenvalue weighted by atomic mass is 10.2. The van der Waals surface area contributed by atoms with Crippen molar-refractivity contribution in [2.45, 2.75) is 24.5 Å². The van der Waals surface area contributed by atoms with Crippen LogP contribution in [0.4, 0.5) is 5.69 Å². The van der Waals surface area contributed by atoms with E-state index in [1.54, 1.807) is 18.9 Å². The lowest BCUT2D eigenvalue weighted by Gasteiger charge is -2.01. The van der Waals surface area contributed by atoms with Gasteiger partial charge in [-0.2, -0.15) is 0 Å². The molecule has 0 aliphatic rings. The number of rotatable bonds is 5. The maximum absolute atomic E-state index is 11.6. The molecule has 0 radical (unpaired) electrons. The van der Waals surface area contributed by atoms with Crippen molar-refractivity contribution in [2.24, 2.45) is 0 Å². The summed E-state index contributed by atoms with van der Waals surface area (Å²) in [7, 11) is 1.58. The molecule has 0 saturated heterocycles. The molecule has 15 heavy (non-hydrogen) atoms. The molecule has 0 saturated carbocycles. The summed E-state index contributed by atoms with van der Waals surface area (Å²) in [5.74, 6) is 1.68. The number of carbonyl (C=O) groups excluding carboxylic acids is 1. The van der Waals surface area contributed by atoms with E-state index in [0.29, 0.717) is 22.7 Å². The Morgan fingerprint density at radius 1 is 1.53 bits per heavy atom. The Balaban J connectivity index is 3.14. The minimum absolute atomic E-state index is 0.0822. The zero-order valence-electron chi connectivity index (χ0n) is 9.12. The predicted octanol–water partition coefficient (Wildman–Crippen LogP) is 3.04. The second-order valence-electron chi connectivity index (χ2n) is 2.88. The minimum Gasteiger partial charge on any atom is -0.492 e. The Bertz CT molecular complexity index is 361. The quantitative estimate of drug-likeness (QED) is 0.640. The van der Waals surface area contributed by atoms with Crippen molar-refractivity contribution in [3.63, 3.8) is 0 Å². The Morgan fingerprint density at radius 2 is 2.20 bits per heavy atom. The van der Waals surface area contributed by atoms with Crippen LogP contribution in [0.25, 0.3) is 0 Å². The third-order valence-electron chi connectivity index (χ3n) is 1.92. The highest BCUT2D eigenvalue weighted by Crippen LogP contribution is 2.44. The number of nitrogens with two attached hydrogens (primary N) is 1. The molecule has 0 unspecified atom stereocenters. The van der Waals surface area contributed by atoms with Crippen LogP contribution in [-0.4, -0.2) is 18.6 Å². The molecule has 1 aromatic rings. The fourth-order valence-electron chi connectivity index (χ4n) is 1.19. The van der Waals surface area contributed by atoms with Gasteiger partial charge in [0.2, 0.25) is 0 Å². The molecule has 3 nitrogen and oxygen atoms in total. The lowest BCUT2D eigenvalue weighted by molar-refractivity contribution is 0.0992. The molecular formula is C10H15NO2S2. The Kier molecular flexibility index (Phi) is 4.47. The number of carbonyl (C=O) groups is 1. The first-order chi connectivity index (χ1) is 7.15. The highest BCUT2D eigenvalue weighted by Gasteiger charge is 2.20. The number of ketones is 1. The van der Waals surface area contributed by atoms with Gasteiger partial charge in [0.1, 0.15) is 4.21 Å². The highest BCUT2D eigenvalue weighted by atomic mass is 32.2. The molecule has 0 amide bonds. The number of methoxy groups -OCH3 is 1. The van der Waals surface area contributed by atoms with Crippen molar-refractivity contribution >= 4 is 34.6 Å². The van der Waals surface area contributed by atoms with Crippen LogP contribution in [0.2, 0.25) is 0 Å². The molecule has 0 aromatic carbocycles. The lowest BCUT2D eigenvalue weighted by Crippen LogP contribution is -1.98. The van der Waals surface area contributed by atoms with Crippen molar-refractivity contribution in [1.82, 2.24) is 0 Å². The summed E-state index contributed by atoms with van der Waals surface area (Å²) in [6, 6.07) is 0. The molecule has 0 bridgehead atoms. The van der Waals surface area contributed by atoms with Gasteiger partial charge in [0.05, 0.1) is 17.7 Å². The number of nitrogen functional groups attached to an aromatic ring is 1. The fourth-order valence-corrected chi connectivity index (χ4v) is 3.55. The van der Waals surface area contributed by atoms with Crippen molar-refractivity contribution in [3.8, 4) is 5.75 Å². The van der Waals surface area contributed by atoms with E-state index in [4.69, 9.17) is 10.5 Å². The van der Waals surface area contributed by atoms with Gasteiger partial charge < -0.3 is 10.5 Å². The molecule has 0 aliphatic carbocycles. The normalized spacial score (nSPS) is 10.3. The maximum Gasteiger partial charge on any atom is 0.174 e. The second-order valence-corrected chi connectivity index (χ2v) is 5.43. The number of hydrogen-bond donors (Lipinski definition) is 1. The van der Waals surface area contributed by atoms with Crippen LogP contribution in [0.1, 0.15) is 29.9 Å². The molecule has 0 aliphatic heterocycles. The van der Waals surface area contributed by atoms with Gasteiger partial charge in [0.25, 0.3) is 0 Å². The van der Waals surface area contributed by atoms with E-state index in [1.807, 2.05) is 6.92 Å². The number of Topliss-reactive ketones (excluding diaryl/α,β-unsaturated/α-hetero) is 1. The zero-order valence-corrected chi connectivity index (χ0v) is 10.8. The van der Waals surface area contributed by atoms with Gasteiger partial charge >= 0.3 is 0 Å². The summed E-state index contributed by atoms with van der Waals surface area (Å²) in [4.78, 5) is 12.2. The van der Waals surface area contributed by atoms with Crippen molar-refractivity contribution in [3.05, 3.63) is 4.88 Å². The smallest absolute Gasteiger partial charge is 0.174 e. The molecule has 0 fully saturated rings. The Hall–Kier alpha value is -0.680. The van der Waals surface area contributed by atoms with Crippen LogP contribution in [-0.2, 0) is 0 Å². The largest absolute Gasteiger partial charge is 0.492 e. The first-order valence-corrected chi connectivity index (χ1v) is 6.58. The van der Waals surface area contributed by atoms with E-state index in [1.165, 1.54) is 11.3 Å². The van der Waals surface area contributed by atoms with E-state index in [9.17, 15) is 4.79 Å². The molecule has 0 spiro atoms. The molecular weight excluding hydrogens is 230 g/mol. The number of hydrogen-bond acceptors (Lipinski definition) is 5. The molecule has 1 rings (SSSR count). The second kappa shape index (κ2) is 5.42. The summed E-state index contributed by atoms with van der Waals surface area (Å²) in [5, 5.41) is 0. The first kappa shape index (κ1) is 12.4. The monoisotopic (exact) mass is 245 g/mol. The molecule has 84 valence electrons. The van der Waals surface area contributed by atoms with Gasteiger partial charge in [-0.25, -0.2) is 0 Å². The fraction of sp³-hybridized carbons (Fsp3) is 0.500. The number of ether oxygens (including phenoxy) is 1. The van der Waals surface area contributed by atoms with Crippen molar-refractivity contribution in [1.29, 1.82) is 0 Å². The molecule has 0 atom stereocenters. The van der Waals surface area contributed by atoms with E-state index in [0.717, 1.165) is 9.96 Å². The van der Waals surface area contributed by atoms with Crippen LogP contribution >= 0.6 is 23.1 Å². The molecule has 1 aromatic heterocycles. The number of thiophene rings is 1. The summed E-state index contributed by atoms with van der Waals surface area (Å²) < 4.78 is 6.21. The van der Waals surface area contributed by atoms with Crippen molar-refractivity contribution in [2.75, 3.05) is 18.6 Å². The Labute approximate surface area is 98.0 Å². The van der Waals surface area contributed by atoms with E-state index in [2.05, 4.69) is 6.92 Å². The molecule has 1 heterocycles. The molecule has 2 N–H and O–H groups in total. The van der Waals surface area contributed by atoms with Crippen LogP contribution in [0.15, 0.2) is 4.21 Å². The number of anilines is 1. The number of thioether (sulfide) groups is 1. The average Bonchev–Trinajstić information content (AvgIpc) is 2.55. The zero-order chi connectivity index (χ0) is 11.4. The topological polar surface area (TPSA) is 52.3 Å². The van der Waals surface area contributed by atoms with Gasteiger partial charge in [0, 0.05) is 6.42 Å². The SMILES string of the molecule is CCSc1sc(C(=O)CC)c(N)c1OC. The summed E-state index contributed by atoms with van der Waals surface area (Å²) in [6.45, 7) is 3.89. The van der Waals surface area contributed by atoms with Gasteiger partial charge in [-0.15, -0.1) is 23.1 Å². The average molecular weight is 245 g/mol. The van der Waals surface area contributed by atoms with Crippen LogP contribution in [0.5, 0.6) is 5.75 Å². The molecule has 5 heteroatoms. The predicted molar refractivity (Wildman–Crippen MR) is 66.3 cm³/mol. The first-order valence-electron chi connectivity index (χ1n) is 4.77. The van der Waals surface area contributed by atoms with Gasteiger partial charge in [0.15, 0.2) is 11.5 Å². The third kappa shape index (κ3) is 2.46. The summed E-state index contributed by atoms with van der Waals surface area (Å²) >= 11 is 3.08. The third-order valence-corrected chi connectivity index (χ3v) is 4.29. The van der Waals surface area contributed by atoms with E-state index >= 15 is 0 Å². The highest BCUT2D eigenvalue weighted by molar-refractivity contribution is 8.01. The maximum atomic E-state index is 11.6.